The quantitative estimate of drug-likeness (QED) is 0.582. The van der Waals surface area contributed by atoms with Gasteiger partial charge in [0.2, 0.25) is 9.84 Å². The second-order valence-corrected chi connectivity index (χ2v) is 8.12. The lowest BCUT2D eigenvalue weighted by molar-refractivity contribution is 0.596. The van der Waals surface area contributed by atoms with Crippen molar-refractivity contribution in [1.29, 1.82) is 10.5 Å². The first-order valence-corrected chi connectivity index (χ1v) is 10.1. The molecule has 0 amide bonds. The number of nitrogens with zero attached hydrogens (tertiary/aromatic N) is 3. The minimum atomic E-state index is -3.95. The lowest BCUT2D eigenvalue weighted by Crippen LogP contribution is -2.27. The number of thioether (sulfide) groups is 1. The van der Waals surface area contributed by atoms with E-state index in [2.05, 4.69) is 4.99 Å². The van der Waals surface area contributed by atoms with Gasteiger partial charge in [-0.2, -0.15) is 10.5 Å². The normalized spacial score (nSPS) is 12.9. The van der Waals surface area contributed by atoms with Crippen LogP contribution in [0.15, 0.2) is 58.4 Å². The predicted octanol–water partition coefficient (Wildman–Crippen LogP) is 3.97. The summed E-state index contributed by atoms with van der Waals surface area (Å²) >= 11 is 6.86. The number of benzene rings is 2. The van der Waals surface area contributed by atoms with Crippen LogP contribution < -0.4 is 0 Å². The number of nitriles is 2. The number of hydrogen-bond acceptors (Lipinski definition) is 6. The van der Waals surface area contributed by atoms with Crippen molar-refractivity contribution in [2.24, 2.45) is 4.99 Å². The minimum absolute atomic E-state index is 0.00373. The van der Waals surface area contributed by atoms with Crippen molar-refractivity contribution in [3.63, 3.8) is 0 Å². The second kappa shape index (κ2) is 8.17. The van der Waals surface area contributed by atoms with Crippen LogP contribution in [0.2, 0.25) is 5.02 Å². The number of aliphatic imine (C=N–C) groups is 1. The monoisotopic (exact) mass is 389 g/mol. The summed E-state index contributed by atoms with van der Waals surface area (Å²) in [4.78, 5) is 4.26. The number of hydrogen-bond donors (Lipinski definition) is 0. The molecule has 2 rings (SSSR count). The van der Waals surface area contributed by atoms with E-state index < -0.39 is 15.1 Å². The molecule has 2 aromatic rings. The van der Waals surface area contributed by atoms with Gasteiger partial charge in [0.15, 0.2) is 5.25 Å². The van der Waals surface area contributed by atoms with Gasteiger partial charge < -0.3 is 0 Å². The van der Waals surface area contributed by atoms with E-state index in [1.807, 2.05) is 12.1 Å². The minimum Gasteiger partial charge on any atom is -0.244 e. The van der Waals surface area contributed by atoms with Crippen molar-refractivity contribution < 1.29 is 8.42 Å². The molecule has 1 atom stereocenters. The summed E-state index contributed by atoms with van der Waals surface area (Å²) in [6, 6.07) is 15.9. The largest absolute Gasteiger partial charge is 0.244 e. The Bertz CT molecular complexity index is 988. The Morgan fingerprint density at radius 1 is 1.20 bits per heavy atom. The standard InChI is InChI=1S/C17H12ClN3O2S2/c1-24-17(21-14-4-2-3-12(9-14)10-19)16(11-20)25(22,23)15-7-5-13(18)6-8-15/h2-9,16H,1H3. The van der Waals surface area contributed by atoms with Gasteiger partial charge in [-0.15, -0.1) is 11.8 Å². The molecule has 126 valence electrons. The number of rotatable bonds is 4. The highest BCUT2D eigenvalue weighted by Crippen LogP contribution is 2.25. The van der Waals surface area contributed by atoms with E-state index >= 15 is 0 Å². The van der Waals surface area contributed by atoms with Crippen LogP contribution in [0.25, 0.3) is 0 Å². The molecule has 0 N–H and O–H groups in total. The van der Waals surface area contributed by atoms with Crippen LogP contribution in [-0.2, 0) is 9.84 Å². The molecule has 8 heteroatoms. The van der Waals surface area contributed by atoms with E-state index in [4.69, 9.17) is 16.9 Å². The molecule has 0 fully saturated rings. The first kappa shape index (κ1) is 19.0. The van der Waals surface area contributed by atoms with Crippen molar-refractivity contribution in [2.75, 3.05) is 6.26 Å². The second-order valence-electron chi connectivity index (χ2n) is 4.82. The lowest BCUT2D eigenvalue weighted by atomic mass is 10.2. The van der Waals surface area contributed by atoms with E-state index in [0.29, 0.717) is 16.3 Å². The van der Waals surface area contributed by atoms with Gasteiger partial charge in [0, 0.05) is 5.02 Å². The van der Waals surface area contributed by atoms with E-state index in [1.165, 1.54) is 30.3 Å². The average Bonchev–Trinajstić information content (AvgIpc) is 2.61. The Kier molecular flexibility index (Phi) is 6.22. The van der Waals surface area contributed by atoms with Crippen molar-refractivity contribution in [1.82, 2.24) is 0 Å². The molecular weight excluding hydrogens is 378 g/mol. The highest BCUT2D eigenvalue weighted by molar-refractivity contribution is 8.15. The number of halogens is 1. The maximum atomic E-state index is 12.8. The smallest absolute Gasteiger partial charge is 0.200 e. The maximum absolute atomic E-state index is 12.8. The summed E-state index contributed by atoms with van der Waals surface area (Å²) in [7, 11) is -3.95. The molecule has 0 radical (unpaired) electrons. The van der Waals surface area contributed by atoms with Gasteiger partial charge >= 0.3 is 0 Å². The van der Waals surface area contributed by atoms with Crippen LogP contribution in [-0.4, -0.2) is 25.0 Å². The predicted molar refractivity (Wildman–Crippen MR) is 99.8 cm³/mol. The van der Waals surface area contributed by atoms with Gasteiger partial charge in [-0.3, -0.25) is 0 Å². The van der Waals surface area contributed by atoms with Gasteiger partial charge in [0.25, 0.3) is 0 Å². The summed E-state index contributed by atoms with van der Waals surface area (Å²) in [5, 5.41) is 17.5. The molecule has 0 aliphatic heterocycles. The van der Waals surface area contributed by atoms with Crippen molar-refractivity contribution >= 4 is 43.9 Å². The van der Waals surface area contributed by atoms with Crippen LogP contribution in [0.1, 0.15) is 5.56 Å². The van der Waals surface area contributed by atoms with E-state index in [9.17, 15) is 13.7 Å². The third-order valence-corrected chi connectivity index (χ3v) is 6.24. The SMILES string of the molecule is CSC(=Nc1cccc(C#N)c1)C(C#N)S(=O)(=O)c1ccc(Cl)cc1. The average molecular weight is 390 g/mol. The zero-order valence-corrected chi connectivity index (χ0v) is 15.4. The molecule has 0 spiro atoms. The molecule has 0 aromatic heterocycles. The summed E-state index contributed by atoms with van der Waals surface area (Å²) in [6.45, 7) is 0. The van der Waals surface area contributed by atoms with Crippen molar-refractivity contribution in [2.45, 2.75) is 10.1 Å². The molecule has 0 aliphatic rings. The Morgan fingerprint density at radius 3 is 2.44 bits per heavy atom. The molecule has 0 saturated carbocycles. The summed E-state index contributed by atoms with van der Waals surface area (Å²) in [5.41, 5.74) is 0.811. The zero-order valence-electron chi connectivity index (χ0n) is 13.0. The lowest BCUT2D eigenvalue weighted by Gasteiger charge is -2.12. The van der Waals surface area contributed by atoms with Gasteiger partial charge in [0.1, 0.15) is 5.04 Å². The van der Waals surface area contributed by atoms with Gasteiger partial charge in [-0.1, -0.05) is 17.7 Å². The Hall–Kier alpha value is -2.32. The Balaban J connectivity index is 2.49. The first-order valence-electron chi connectivity index (χ1n) is 6.94. The molecule has 1 unspecified atom stereocenters. The Morgan fingerprint density at radius 2 is 1.88 bits per heavy atom. The topological polar surface area (TPSA) is 94.1 Å². The first-order chi connectivity index (χ1) is 11.9. The van der Waals surface area contributed by atoms with Crippen LogP contribution in [0, 0.1) is 22.7 Å². The van der Waals surface area contributed by atoms with E-state index in [0.717, 1.165) is 11.8 Å². The molecular formula is C17H12ClN3O2S2. The molecule has 5 nitrogen and oxygen atoms in total. The fourth-order valence-corrected chi connectivity index (χ4v) is 4.50. The van der Waals surface area contributed by atoms with Gasteiger partial charge in [0.05, 0.1) is 28.3 Å². The number of sulfone groups is 1. The van der Waals surface area contributed by atoms with Crippen molar-refractivity contribution in [3.8, 4) is 12.1 Å². The fourth-order valence-electron chi connectivity index (χ4n) is 2.00. The van der Waals surface area contributed by atoms with Crippen LogP contribution in [0.4, 0.5) is 5.69 Å². The molecule has 2 aromatic carbocycles. The van der Waals surface area contributed by atoms with Crippen molar-refractivity contribution in [3.05, 3.63) is 59.1 Å². The van der Waals surface area contributed by atoms with Gasteiger partial charge in [-0.05, 0) is 48.7 Å². The van der Waals surface area contributed by atoms with E-state index in [-0.39, 0.29) is 9.94 Å². The molecule has 0 heterocycles. The third-order valence-electron chi connectivity index (χ3n) is 3.22. The zero-order chi connectivity index (χ0) is 18.4. The van der Waals surface area contributed by atoms with E-state index in [1.54, 1.807) is 24.5 Å². The van der Waals surface area contributed by atoms with Crippen LogP contribution >= 0.6 is 23.4 Å². The maximum Gasteiger partial charge on any atom is 0.200 e. The molecule has 0 bridgehead atoms. The summed E-state index contributed by atoms with van der Waals surface area (Å²) in [5.74, 6) is 0. The summed E-state index contributed by atoms with van der Waals surface area (Å²) < 4.78 is 25.6. The fraction of sp³-hybridized carbons (Fsp3) is 0.118. The molecule has 0 aliphatic carbocycles. The Labute approximate surface area is 155 Å². The highest BCUT2D eigenvalue weighted by atomic mass is 35.5. The van der Waals surface area contributed by atoms with Crippen LogP contribution in [0.3, 0.4) is 0 Å². The van der Waals surface area contributed by atoms with Gasteiger partial charge in [-0.25, -0.2) is 13.4 Å². The molecule has 25 heavy (non-hydrogen) atoms. The molecule has 0 saturated heterocycles. The highest BCUT2D eigenvalue weighted by Gasteiger charge is 2.32. The van der Waals surface area contributed by atoms with Crippen LogP contribution in [0.5, 0.6) is 0 Å². The third kappa shape index (κ3) is 4.40. The summed E-state index contributed by atoms with van der Waals surface area (Å²) in [6.07, 6.45) is 1.65.